The maximum atomic E-state index is 12.1. The van der Waals surface area contributed by atoms with E-state index in [1.807, 2.05) is 19.1 Å². The van der Waals surface area contributed by atoms with Gasteiger partial charge in [-0.15, -0.1) is 0 Å². The van der Waals surface area contributed by atoms with Crippen LogP contribution in [0.15, 0.2) is 29.2 Å². The summed E-state index contributed by atoms with van der Waals surface area (Å²) in [6.45, 7) is 3.06. The molecule has 0 bridgehead atoms. The van der Waals surface area contributed by atoms with Crippen molar-refractivity contribution in [1.82, 2.24) is 4.90 Å². The minimum absolute atomic E-state index is 0.0333. The Morgan fingerprint density at radius 2 is 1.84 bits per heavy atom. The molecule has 0 unspecified atom stereocenters. The van der Waals surface area contributed by atoms with E-state index < -0.39 is 9.84 Å². The second-order valence-electron chi connectivity index (χ2n) is 3.98. The molecule has 0 heterocycles. The van der Waals surface area contributed by atoms with Crippen LogP contribution in [-0.2, 0) is 9.84 Å². The summed E-state index contributed by atoms with van der Waals surface area (Å²) in [4.78, 5) is 1.97. The summed E-state index contributed by atoms with van der Waals surface area (Å²) in [5, 5.41) is 17.3. The molecule has 0 aliphatic rings. The van der Waals surface area contributed by atoms with E-state index in [0.717, 1.165) is 0 Å². The largest absolute Gasteiger partial charge is 0.290 e. The topological polar surface area (TPSA) is 85.0 Å². The van der Waals surface area contributed by atoms with Gasteiger partial charge in [0.15, 0.2) is 9.84 Å². The molecule has 1 aromatic carbocycles. The first-order valence-electron chi connectivity index (χ1n) is 5.85. The molecule has 0 fully saturated rings. The lowest BCUT2D eigenvalue weighted by Crippen LogP contribution is -2.29. The third-order valence-electron chi connectivity index (χ3n) is 2.76. The first-order valence-corrected chi connectivity index (χ1v) is 7.51. The zero-order valence-corrected chi connectivity index (χ0v) is 11.5. The van der Waals surface area contributed by atoms with Crippen molar-refractivity contribution in [2.45, 2.75) is 11.8 Å². The van der Waals surface area contributed by atoms with Crippen LogP contribution in [0, 0.1) is 22.7 Å². The Labute approximate surface area is 113 Å². The second kappa shape index (κ2) is 6.89. The van der Waals surface area contributed by atoms with E-state index in [-0.39, 0.29) is 17.2 Å². The Morgan fingerprint density at radius 1 is 1.21 bits per heavy atom. The van der Waals surface area contributed by atoms with Gasteiger partial charge >= 0.3 is 0 Å². The van der Waals surface area contributed by atoms with E-state index in [1.165, 1.54) is 24.3 Å². The number of nitriles is 2. The van der Waals surface area contributed by atoms with Crippen LogP contribution >= 0.6 is 0 Å². The van der Waals surface area contributed by atoms with Gasteiger partial charge in [-0.1, -0.05) is 6.92 Å². The summed E-state index contributed by atoms with van der Waals surface area (Å²) in [6, 6.07) is 9.80. The molecule has 1 aromatic rings. The Balaban J connectivity index is 2.76. The lowest BCUT2D eigenvalue weighted by Gasteiger charge is -2.16. The van der Waals surface area contributed by atoms with Gasteiger partial charge in [0.2, 0.25) is 0 Å². The summed E-state index contributed by atoms with van der Waals surface area (Å²) < 4.78 is 24.1. The van der Waals surface area contributed by atoms with Crippen LogP contribution < -0.4 is 0 Å². The summed E-state index contributed by atoms with van der Waals surface area (Å²) in [7, 11) is -3.37. The third-order valence-corrected chi connectivity index (χ3v) is 4.47. The van der Waals surface area contributed by atoms with Gasteiger partial charge in [-0.25, -0.2) is 8.42 Å². The number of hydrogen-bond acceptors (Lipinski definition) is 5. The zero-order valence-electron chi connectivity index (χ0n) is 10.7. The van der Waals surface area contributed by atoms with Gasteiger partial charge in [-0.05, 0) is 30.8 Å². The molecule has 100 valence electrons. The van der Waals surface area contributed by atoms with Crippen molar-refractivity contribution in [2.75, 3.05) is 25.4 Å². The second-order valence-corrected chi connectivity index (χ2v) is 6.09. The molecule has 0 aromatic heterocycles. The Kier molecular flexibility index (Phi) is 5.50. The molecular weight excluding hydrogens is 262 g/mol. The van der Waals surface area contributed by atoms with Crippen molar-refractivity contribution in [2.24, 2.45) is 0 Å². The highest BCUT2D eigenvalue weighted by Gasteiger charge is 2.15. The molecule has 0 atom stereocenters. The summed E-state index contributed by atoms with van der Waals surface area (Å²) in [5.41, 5.74) is 0.429. The first kappa shape index (κ1) is 15.2. The molecule has 6 heteroatoms. The average molecular weight is 277 g/mol. The van der Waals surface area contributed by atoms with Crippen molar-refractivity contribution in [3.05, 3.63) is 29.8 Å². The fourth-order valence-corrected chi connectivity index (χ4v) is 2.84. The van der Waals surface area contributed by atoms with E-state index in [1.54, 1.807) is 4.90 Å². The number of sulfone groups is 1. The SMILES string of the molecule is CCN(CC#N)CCS(=O)(=O)c1ccc(C#N)cc1. The monoisotopic (exact) mass is 277 g/mol. The molecule has 0 aliphatic carbocycles. The lowest BCUT2D eigenvalue weighted by atomic mass is 10.2. The minimum atomic E-state index is -3.37. The highest BCUT2D eigenvalue weighted by molar-refractivity contribution is 7.91. The standard InChI is InChI=1S/C13H15N3O2S/c1-2-16(8-7-14)9-10-19(17,18)13-5-3-12(11-15)4-6-13/h3-6H,2,8-10H2,1H3. The third kappa shape index (κ3) is 4.36. The maximum absolute atomic E-state index is 12.1. The van der Waals surface area contributed by atoms with Gasteiger partial charge in [-0.2, -0.15) is 10.5 Å². The molecular formula is C13H15N3O2S. The maximum Gasteiger partial charge on any atom is 0.179 e. The highest BCUT2D eigenvalue weighted by Crippen LogP contribution is 2.12. The van der Waals surface area contributed by atoms with Crippen LogP contribution in [0.25, 0.3) is 0 Å². The highest BCUT2D eigenvalue weighted by atomic mass is 32.2. The van der Waals surface area contributed by atoms with Crippen molar-refractivity contribution in [1.29, 1.82) is 10.5 Å². The summed E-state index contributed by atoms with van der Waals surface area (Å²) in [5.74, 6) is -0.0333. The predicted octanol–water partition coefficient (Wildman–Crippen LogP) is 1.18. The Morgan fingerprint density at radius 3 is 2.32 bits per heavy atom. The summed E-state index contributed by atoms with van der Waals surface area (Å²) in [6.07, 6.45) is 0. The smallest absolute Gasteiger partial charge is 0.179 e. The van der Waals surface area contributed by atoms with Crippen LogP contribution in [0.2, 0.25) is 0 Å². The molecule has 0 aliphatic heterocycles. The van der Waals surface area contributed by atoms with Crippen LogP contribution in [0.3, 0.4) is 0 Å². The lowest BCUT2D eigenvalue weighted by molar-refractivity contribution is 0.341. The number of hydrogen-bond donors (Lipinski definition) is 0. The number of nitrogens with zero attached hydrogens (tertiary/aromatic N) is 3. The van der Waals surface area contributed by atoms with Crippen LogP contribution in [-0.4, -0.2) is 38.7 Å². The molecule has 1 rings (SSSR count). The van der Waals surface area contributed by atoms with E-state index >= 15 is 0 Å². The van der Waals surface area contributed by atoms with Gasteiger partial charge in [0.1, 0.15) is 0 Å². The normalized spacial score (nSPS) is 10.9. The first-order chi connectivity index (χ1) is 9.03. The fraction of sp³-hybridized carbons (Fsp3) is 0.385. The molecule has 0 N–H and O–H groups in total. The quantitative estimate of drug-likeness (QED) is 0.729. The van der Waals surface area contributed by atoms with Gasteiger partial charge in [-0.3, -0.25) is 4.90 Å². The van der Waals surface area contributed by atoms with Crippen molar-refractivity contribution < 1.29 is 8.42 Å². The fourth-order valence-electron chi connectivity index (χ4n) is 1.55. The van der Waals surface area contributed by atoms with Crippen molar-refractivity contribution in [3.8, 4) is 12.1 Å². The van der Waals surface area contributed by atoms with Crippen molar-refractivity contribution >= 4 is 9.84 Å². The Hall–Kier alpha value is -1.89. The van der Waals surface area contributed by atoms with Gasteiger partial charge in [0.05, 0.1) is 34.9 Å². The van der Waals surface area contributed by atoms with Gasteiger partial charge < -0.3 is 0 Å². The van der Waals surface area contributed by atoms with Crippen LogP contribution in [0.1, 0.15) is 12.5 Å². The molecule has 0 saturated carbocycles. The number of rotatable bonds is 6. The average Bonchev–Trinajstić information content (AvgIpc) is 2.43. The van der Waals surface area contributed by atoms with Crippen LogP contribution in [0.4, 0.5) is 0 Å². The molecule has 0 saturated heterocycles. The molecule has 0 spiro atoms. The Bertz CT molecular complexity index is 594. The van der Waals surface area contributed by atoms with Crippen LogP contribution in [0.5, 0.6) is 0 Å². The summed E-state index contributed by atoms with van der Waals surface area (Å²) >= 11 is 0. The molecule has 0 amide bonds. The van der Waals surface area contributed by atoms with E-state index in [4.69, 9.17) is 10.5 Å². The van der Waals surface area contributed by atoms with E-state index in [2.05, 4.69) is 0 Å². The van der Waals surface area contributed by atoms with Gasteiger partial charge in [0, 0.05) is 6.54 Å². The zero-order chi connectivity index (χ0) is 14.3. The van der Waals surface area contributed by atoms with Gasteiger partial charge in [0.25, 0.3) is 0 Å². The minimum Gasteiger partial charge on any atom is -0.290 e. The van der Waals surface area contributed by atoms with E-state index in [9.17, 15) is 8.42 Å². The molecule has 0 radical (unpaired) electrons. The predicted molar refractivity (Wildman–Crippen MR) is 70.9 cm³/mol. The van der Waals surface area contributed by atoms with Crippen molar-refractivity contribution in [3.63, 3.8) is 0 Å². The molecule has 19 heavy (non-hydrogen) atoms. The number of benzene rings is 1. The molecule has 5 nitrogen and oxygen atoms in total. The van der Waals surface area contributed by atoms with E-state index in [0.29, 0.717) is 18.7 Å².